The monoisotopic (exact) mass is 357 g/mol. The molecule has 1 fully saturated rings. The lowest BCUT2D eigenvalue weighted by atomic mass is 9.89. The average molecular weight is 358 g/mol. The molecular formula is C19H16ClNO4. The third kappa shape index (κ3) is 2.74. The van der Waals surface area contributed by atoms with Gasteiger partial charge in [-0.15, -0.1) is 0 Å². The van der Waals surface area contributed by atoms with Crippen LogP contribution in [0, 0.1) is 0 Å². The number of rotatable bonds is 1. The van der Waals surface area contributed by atoms with Gasteiger partial charge in [0.2, 0.25) is 0 Å². The zero-order valence-corrected chi connectivity index (χ0v) is 14.1. The second-order valence-electron chi connectivity index (χ2n) is 6.52. The number of hydrogen-bond donors (Lipinski definition) is 1. The fourth-order valence-electron chi connectivity index (χ4n) is 3.54. The number of benzene rings is 2. The van der Waals surface area contributed by atoms with Gasteiger partial charge in [-0.2, -0.15) is 0 Å². The maximum absolute atomic E-state index is 12.8. The van der Waals surface area contributed by atoms with E-state index in [1.54, 1.807) is 17.0 Å². The number of phenolic OH excluding ortho intramolecular Hbond substituents is 1. The Kier molecular flexibility index (Phi) is 3.69. The number of likely N-dealkylation sites (tertiary alicyclic amines) is 1. The van der Waals surface area contributed by atoms with E-state index >= 15 is 0 Å². The van der Waals surface area contributed by atoms with E-state index in [4.69, 9.17) is 16.3 Å². The van der Waals surface area contributed by atoms with E-state index in [1.807, 2.05) is 12.1 Å². The van der Waals surface area contributed by atoms with Crippen molar-refractivity contribution < 1.29 is 19.4 Å². The number of phenols is 1. The van der Waals surface area contributed by atoms with E-state index in [0.717, 1.165) is 0 Å². The van der Waals surface area contributed by atoms with Crippen molar-refractivity contribution in [1.82, 2.24) is 4.90 Å². The Labute approximate surface area is 149 Å². The highest BCUT2D eigenvalue weighted by atomic mass is 35.5. The summed E-state index contributed by atoms with van der Waals surface area (Å²) < 4.78 is 6.12. The predicted molar refractivity (Wildman–Crippen MR) is 92.4 cm³/mol. The number of fused-ring (bicyclic) bond motifs is 1. The molecule has 1 amide bonds. The Morgan fingerprint density at radius 3 is 2.88 bits per heavy atom. The molecule has 128 valence electrons. The summed E-state index contributed by atoms with van der Waals surface area (Å²) in [6.45, 7) is 0.790. The topological polar surface area (TPSA) is 66.8 Å². The highest BCUT2D eigenvalue weighted by molar-refractivity contribution is 6.33. The molecule has 6 heteroatoms. The molecule has 0 radical (unpaired) electrons. The summed E-state index contributed by atoms with van der Waals surface area (Å²) in [5.74, 6) is 0.322. The predicted octanol–water partition coefficient (Wildman–Crippen LogP) is 3.30. The molecular weight excluding hydrogens is 342 g/mol. The molecule has 1 atom stereocenters. The number of nitrogens with zero attached hydrogens (tertiary/aromatic N) is 1. The molecule has 2 aromatic carbocycles. The Bertz CT molecular complexity index is 881. The molecule has 4 rings (SSSR count). The number of carbonyl (C=O) groups is 2. The third-order valence-corrected chi connectivity index (χ3v) is 5.11. The number of aromatic hydroxyl groups is 1. The third-order valence-electron chi connectivity index (χ3n) is 4.78. The number of ether oxygens (including phenoxy) is 1. The van der Waals surface area contributed by atoms with Gasteiger partial charge >= 0.3 is 0 Å². The lowest BCUT2D eigenvalue weighted by Gasteiger charge is -2.34. The largest absolute Gasteiger partial charge is 0.508 e. The summed E-state index contributed by atoms with van der Waals surface area (Å²) in [7, 11) is 0. The van der Waals surface area contributed by atoms with Gasteiger partial charge in [-0.05, 0) is 30.3 Å². The number of amides is 1. The molecule has 25 heavy (non-hydrogen) atoms. The van der Waals surface area contributed by atoms with Crippen LogP contribution in [0.3, 0.4) is 0 Å². The SMILES string of the molecule is O=C1CC2(CCN(C(=O)c3cc(O)ccc3Cl)C2)Oc2ccccc21. The molecule has 1 saturated heterocycles. The number of carbonyl (C=O) groups excluding carboxylic acids is 2. The Morgan fingerprint density at radius 2 is 2.04 bits per heavy atom. The maximum atomic E-state index is 12.8. The molecule has 0 aliphatic carbocycles. The molecule has 0 saturated carbocycles. The van der Waals surface area contributed by atoms with Crippen molar-refractivity contribution in [3.8, 4) is 11.5 Å². The van der Waals surface area contributed by atoms with Crippen LogP contribution in [-0.2, 0) is 0 Å². The van der Waals surface area contributed by atoms with Crippen LogP contribution < -0.4 is 4.74 Å². The lowest BCUT2D eigenvalue weighted by molar-refractivity contribution is 0.0428. The summed E-state index contributed by atoms with van der Waals surface area (Å²) in [4.78, 5) is 26.8. The first-order valence-electron chi connectivity index (χ1n) is 8.06. The molecule has 5 nitrogen and oxygen atoms in total. The van der Waals surface area contributed by atoms with Gasteiger partial charge in [0.05, 0.1) is 29.1 Å². The normalized spacial score (nSPS) is 22.0. The zero-order valence-electron chi connectivity index (χ0n) is 13.4. The van der Waals surface area contributed by atoms with Gasteiger partial charge in [-0.1, -0.05) is 23.7 Å². The molecule has 2 aliphatic rings. The fourth-order valence-corrected chi connectivity index (χ4v) is 3.73. The van der Waals surface area contributed by atoms with E-state index in [9.17, 15) is 14.7 Å². The number of ketones is 1. The number of Topliss-reactive ketones (excluding diaryl/α,β-unsaturated/α-hetero) is 1. The quantitative estimate of drug-likeness (QED) is 0.850. The van der Waals surface area contributed by atoms with Crippen molar-refractivity contribution in [3.63, 3.8) is 0 Å². The van der Waals surface area contributed by atoms with Gasteiger partial charge in [0.1, 0.15) is 17.1 Å². The van der Waals surface area contributed by atoms with E-state index in [1.165, 1.54) is 18.2 Å². The van der Waals surface area contributed by atoms with Crippen molar-refractivity contribution in [3.05, 3.63) is 58.6 Å². The van der Waals surface area contributed by atoms with Crippen LogP contribution >= 0.6 is 11.6 Å². The maximum Gasteiger partial charge on any atom is 0.255 e. The van der Waals surface area contributed by atoms with Crippen molar-refractivity contribution >= 4 is 23.3 Å². The van der Waals surface area contributed by atoms with Crippen LogP contribution in [0.1, 0.15) is 33.6 Å². The molecule has 2 aromatic rings. The smallest absolute Gasteiger partial charge is 0.255 e. The van der Waals surface area contributed by atoms with Gasteiger partial charge in [-0.25, -0.2) is 0 Å². The van der Waals surface area contributed by atoms with E-state index < -0.39 is 5.60 Å². The second kappa shape index (κ2) is 5.77. The molecule has 1 unspecified atom stereocenters. The first-order valence-corrected chi connectivity index (χ1v) is 8.44. The Hall–Kier alpha value is -2.53. The van der Waals surface area contributed by atoms with Gasteiger partial charge in [0, 0.05) is 13.0 Å². The fraction of sp³-hybridized carbons (Fsp3) is 0.263. The minimum atomic E-state index is -0.690. The summed E-state index contributed by atoms with van der Waals surface area (Å²) in [5.41, 5.74) is 0.153. The number of halogens is 1. The van der Waals surface area contributed by atoms with Crippen LogP contribution in [0.2, 0.25) is 5.02 Å². The first kappa shape index (κ1) is 16.0. The van der Waals surface area contributed by atoms with Crippen molar-refractivity contribution in [2.45, 2.75) is 18.4 Å². The summed E-state index contributed by atoms with van der Waals surface area (Å²) >= 11 is 6.09. The lowest BCUT2D eigenvalue weighted by Crippen LogP contribution is -2.45. The highest BCUT2D eigenvalue weighted by Crippen LogP contribution is 2.39. The van der Waals surface area contributed by atoms with Gasteiger partial charge in [0.25, 0.3) is 5.91 Å². The Balaban J connectivity index is 1.59. The van der Waals surface area contributed by atoms with E-state index in [0.29, 0.717) is 30.8 Å². The van der Waals surface area contributed by atoms with E-state index in [2.05, 4.69) is 0 Å². The van der Waals surface area contributed by atoms with Gasteiger partial charge in [-0.3, -0.25) is 9.59 Å². The van der Waals surface area contributed by atoms with Crippen LogP contribution in [0.5, 0.6) is 11.5 Å². The first-order chi connectivity index (χ1) is 12.0. The van der Waals surface area contributed by atoms with Crippen LogP contribution in [0.25, 0.3) is 0 Å². The molecule has 1 spiro atoms. The Morgan fingerprint density at radius 1 is 1.24 bits per heavy atom. The van der Waals surface area contributed by atoms with Crippen LogP contribution in [0.4, 0.5) is 0 Å². The minimum absolute atomic E-state index is 0.0142. The molecule has 0 bridgehead atoms. The van der Waals surface area contributed by atoms with Gasteiger partial charge in [0.15, 0.2) is 5.78 Å². The standard InChI is InChI=1S/C19H16ClNO4/c20-15-6-5-12(22)9-14(15)18(24)21-8-7-19(11-21)10-16(23)13-3-1-2-4-17(13)25-19/h1-6,9,22H,7-8,10-11H2. The van der Waals surface area contributed by atoms with Crippen LogP contribution in [0.15, 0.2) is 42.5 Å². The molecule has 0 aromatic heterocycles. The summed E-state index contributed by atoms with van der Waals surface area (Å²) in [6, 6.07) is 11.5. The molecule has 2 aliphatic heterocycles. The zero-order chi connectivity index (χ0) is 17.6. The molecule has 1 N–H and O–H groups in total. The summed E-state index contributed by atoms with van der Waals surface area (Å²) in [6.07, 6.45) is 0.830. The van der Waals surface area contributed by atoms with Crippen molar-refractivity contribution in [2.75, 3.05) is 13.1 Å². The van der Waals surface area contributed by atoms with Crippen molar-refractivity contribution in [1.29, 1.82) is 0 Å². The minimum Gasteiger partial charge on any atom is -0.508 e. The number of para-hydroxylation sites is 1. The highest BCUT2D eigenvalue weighted by Gasteiger charge is 2.47. The van der Waals surface area contributed by atoms with Crippen LogP contribution in [-0.4, -0.2) is 40.4 Å². The number of hydrogen-bond acceptors (Lipinski definition) is 4. The molecule has 2 heterocycles. The van der Waals surface area contributed by atoms with E-state index in [-0.39, 0.29) is 34.4 Å². The van der Waals surface area contributed by atoms with Gasteiger partial charge < -0.3 is 14.7 Å². The second-order valence-corrected chi connectivity index (χ2v) is 6.93. The summed E-state index contributed by atoms with van der Waals surface area (Å²) in [5, 5.41) is 9.90. The van der Waals surface area contributed by atoms with Crippen molar-refractivity contribution in [2.24, 2.45) is 0 Å². The average Bonchev–Trinajstić information content (AvgIpc) is 2.99.